The minimum Gasteiger partial charge on any atom is -0.497 e. The Hall–Kier alpha value is -3.67. The highest BCUT2D eigenvalue weighted by molar-refractivity contribution is 6.20. The number of hydrogen-bond acceptors (Lipinski definition) is 5. The molecule has 2 aromatic carbocycles. The Kier molecular flexibility index (Phi) is 6.24. The van der Waals surface area contributed by atoms with Crippen molar-refractivity contribution in [3.8, 4) is 22.7 Å². The molecule has 148 valence electrons. The maximum absolute atomic E-state index is 12.2. The summed E-state index contributed by atoms with van der Waals surface area (Å²) in [5.41, 5.74) is 2.95. The number of hydrogen-bond donors (Lipinski definition) is 0. The van der Waals surface area contributed by atoms with Crippen molar-refractivity contribution < 1.29 is 19.1 Å². The minimum absolute atomic E-state index is 0.0192. The Morgan fingerprint density at radius 2 is 1.76 bits per heavy atom. The molecular formula is C23H22N2O4. The zero-order chi connectivity index (χ0) is 20.8. The minimum atomic E-state index is -0.645. The van der Waals surface area contributed by atoms with Crippen molar-refractivity contribution in [2.75, 3.05) is 13.7 Å². The van der Waals surface area contributed by atoms with Gasteiger partial charge in [0.15, 0.2) is 5.78 Å². The number of para-hydroxylation sites is 1. The quantitative estimate of drug-likeness (QED) is 0.263. The normalized spacial score (nSPS) is 11.2. The molecule has 0 saturated carbocycles. The van der Waals surface area contributed by atoms with Crippen LogP contribution in [0.4, 0.5) is 0 Å². The van der Waals surface area contributed by atoms with Gasteiger partial charge >= 0.3 is 5.97 Å². The van der Waals surface area contributed by atoms with Gasteiger partial charge in [0.05, 0.1) is 25.1 Å². The van der Waals surface area contributed by atoms with Crippen LogP contribution in [-0.4, -0.2) is 35.2 Å². The number of ether oxygens (including phenoxy) is 2. The number of carbonyl (C=O) groups is 2. The van der Waals surface area contributed by atoms with Crippen LogP contribution in [0.2, 0.25) is 0 Å². The smallest absolute Gasteiger partial charge is 0.341 e. The van der Waals surface area contributed by atoms with E-state index < -0.39 is 5.97 Å². The molecule has 0 unspecified atom stereocenters. The van der Waals surface area contributed by atoms with E-state index in [1.807, 2.05) is 54.6 Å². The molecule has 0 aliphatic carbocycles. The van der Waals surface area contributed by atoms with Gasteiger partial charge in [-0.05, 0) is 56.3 Å². The van der Waals surface area contributed by atoms with E-state index in [0.717, 1.165) is 17.0 Å². The van der Waals surface area contributed by atoms with Crippen molar-refractivity contribution in [2.24, 2.45) is 0 Å². The first-order valence-electron chi connectivity index (χ1n) is 9.22. The molecule has 0 saturated heterocycles. The van der Waals surface area contributed by atoms with Gasteiger partial charge in [0.1, 0.15) is 11.3 Å². The van der Waals surface area contributed by atoms with Gasteiger partial charge in [-0.3, -0.25) is 4.79 Å². The summed E-state index contributed by atoms with van der Waals surface area (Å²) in [5, 5.41) is 4.69. The molecule has 0 amide bonds. The van der Waals surface area contributed by atoms with Crippen molar-refractivity contribution in [1.82, 2.24) is 9.78 Å². The second-order valence-corrected chi connectivity index (χ2v) is 6.28. The third-order valence-electron chi connectivity index (χ3n) is 4.30. The van der Waals surface area contributed by atoms with E-state index in [1.54, 1.807) is 24.9 Å². The first-order valence-corrected chi connectivity index (χ1v) is 9.22. The standard InChI is InChI=1S/C23H22N2O4/c1-4-29-23(27)21(16(2)26)14-18-15-25(19-8-6-5-7-9-19)24-22(18)17-10-12-20(28-3)13-11-17/h5-15H,4H2,1-3H3/b21-14+. The fraction of sp³-hybridized carbons (Fsp3) is 0.174. The SMILES string of the molecule is CCOC(=O)/C(=C/c1cn(-c2ccccc2)nc1-c1ccc(OC)cc1)C(C)=O. The molecule has 0 fully saturated rings. The summed E-state index contributed by atoms with van der Waals surface area (Å²) in [6, 6.07) is 17.0. The second-order valence-electron chi connectivity index (χ2n) is 6.28. The van der Waals surface area contributed by atoms with E-state index in [4.69, 9.17) is 14.6 Å². The molecule has 3 rings (SSSR count). The molecule has 29 heavy (non-hydrogen) atoms. The van der Waals surface area contributed by atoms with Crippen LogP contribution in [0.15, 0.2) is 66.4 Å². The Bertz CT molecular complexity index is 1030. The second kappa shape index (κ2) is 9.01. The maximum atomic E-state index is 12.2. The van der Waals surface area contributed by atoms with Crippen LogP contribution in [0.1, 0.15) is 19.4 Å². The van der Waals surface area contributed by atoms with Crippen LogP contribution in [0.5, 0.6) is 5.75 Å². The lowest BCUT2D eigenvalue weighted by molar-refractivity contribution is -0.139. The molecule has 0 aliphatic rings. The van der Waals surface area contributed by atoms with Gasteiger partial charge in [0.25, 0.3) is 0 Å². The van der Waals surface area contributed by atoms with Crippen molar-refractivity contribution in [1.29, 1.82) is 0 Å². The summed E-state index contributed by atoms with van der Waals surface area (Å²) >= 11 is 0. The number of methoxy groups -OCH3 is 1. The molecule has 3 aromatic rings. The van der Waals surface area contributed by atoms with E-state index in [2.05, 4.69) is 0 Å². The van der Waals surface area contributed by atoms with Gasteiger partial charge in [-0.1, -0.05) is 18.2 Å². The van der Waals surface area contributed by atoms with Crippen molar-refractivity contribution in [2.45, 2.75) is 13.8 Å². The Labute approximate surface area is 169 Å². The summed E-state index contributed by atoms with van der Waals surface area (Å²) < 4.78 is 12.0. The molecule has 1 aromatic heterocycles. The lowest BCUT2D eigenvalue weighted by Crippen LogP contribution is -2.13. The van der Waals surface area contributed by atoms with E-state index in [9.17, 15) is 9.59 Å². The lowest BCUT2D eigenvalue weighted by Gasteiger charge is -2.05. The highest BCUT2D eigenvalue weighted by Crippen LogP contribution is 2.27. The van der Waals surface area contributed by atoms with Gasteiger partial charge < -0.3 is 9.47 Å². The van der Waals surface area contributed by atoms with Gasteiger partial charge in [0, 0.05) is 17.3 Å². The third-order valence-corrected chi connectivity index (χ3v) is 4.30. The average Bonchev–Trinajstić information content (AvgIpc) is 3.16. The zero-order valence-electron chi connectivity index (χ0n) is 16.6. The molecule has 0 aliphatic heterocycles. The van der Waals surface area contributed by atoms with E-state index in [-0.39, 0.29) is 18.0 Å². The number of benzene rings is 2. The fourth-order valence-corrected chi connectivity index (χ4v) is 2.85. The summed E-state index contributed by atoms with van der Waals surface area (Å²) in [5.74, 6) is -0.283. The van der Waals surface area contributed by atoms with Gasteiger partial charge in [-0.25, -0.2) is 9.48 Å². The van der Waals surface area contributed by atoms with E-state index in [0.29, 0.717) is 11.3 Å². The number of aromatic nitrogens is 2. The largest absolute Gasteiger partial charge is 0.497 e. The summed E-state index contributed by atoms with van der Waals surface area (Å²) in [4.78, 5) is 24.3. The third kappa shape index (κ3) is 4.60. The molecule has 6 nitrogen and oxygen atoms in total. The first-order chi connectivity index (χ1) is 14.0. The topological polar surface area (TPSA) is 70.4 Å². The number of nitrogens with zero attached hydrogens (tertiary/aromatic N) is 2. The van der Waals surface area contributed by atoms with Crippen LogP contribution >= 0.6 is 0 Å². The van der Waals surface area contributed by atoms with Crippen molar-refractivity contribution in [3.05, 3.63) is 71.9 Å². The van der Waals surface area contributed by atoms with Crippen LogP contribution < -0.4 is 4.74 Å². The van der Waals surface area contributed by atoms with Crippen LogP contribution in [0.25, 0.3) is 23.0 Å². The van der Waals surface area contributed by atoms with Crippen LogP contribution in [0, 0.1) is 0 Å². The van der Waals surface area contributed by atoms with Gasteiger partial charge in [-0.15, -0.1) is 0 Å². The van der Waals surface area contributed by atoms with E-state index in [1.165, 1.54) is 13.0 Å². The van der Waals surface area contributed by atoms with Crippen molar-refractivity contribution >= 4 is 17.8 Å². The molecule has 0 radical (unpaired) electrons. The number of Topliss-reactive ketones (excluding diaryl/α,β-unsaturated/α-hetero) is 1. The van der Waals surface area contributed by atoms with Crippen molar-refractivity contribution in [3.63, 3.8) is 0 Å². The maximum Gasteiger partial charge on any atom is 0.341 e. The first kappa shape index (κ1) is 20.1. The molecule has 0 spiro atoms. The number of carbonyl (C=O) groups excluding carboxylic acids is 2. The Morgan fingerprint density at radius 1 is 1.07 bits per heavy atom. The zero-order valence-corrected chi connectivity index (χ0v) is 16.6. The molecule has 1 heterocycles. The number of esters is 1. The van der Waals surface area contributed by atoms with Crippen LogP contribution in [0.3, 0.4) is 0 Å². The highest BCUT2D eigenvalue weighted by atomic mass is 16.5. The highest BCUT2D eigenvalue weighted by Gasteiger charge is 2.19. The molecule has 0 N–H and O–H groups in total. The van der Waals surface area contributed by atoms with Gasteiger partial charge in [0.2, 0.25) is 0 Å². The predicted octanol–water partition coefficient (Wildman–Crippen LogP) is 4.08. The Morgan fingerprint density at radius 3 is 2.34 bits per heavy atom. The Balaban J connectivity index is 2.15. The van der Waals surface area contributed by atoms with E-state index >= 15 is 0 Å². The lowest BCUT2D eigenvalue weighted by atomic mass is 10.0. The molecule has 0 bridgehead atoms. The summed E-state index contributed by atoms with van der Waals surface area (Å²) in [7, 11) is 1.60. The average molecular weight is 390 g/mol. The monoisotopic (exact) mass is 390 g/mol. The number of ketones is 1. The fourth-order valence-electron chi connectivity index (χ4n) is 2.85. The molecule has 6 heteroatoms. The predicted molar refractivity (Wildman–Crippen MR) is 111 cm³/mol. The molecule has 0 atom stereocenters. The van der Waals surface area contributed by atoms with Gasteiger partial charge in [-0.2, -0.15) is 5.10 Å². The number of rotatable bonds is 7. The molecular weight excluding hydrogens is 368 g/mol. The summed E-state index contributed by atoms with van der Waals surface area (Å²) in [6.07, 6.45) is 3.32. The van der Waals surface area contributed by atoms with Crippen LogP contribution in [-0.2, 0) is 14.3 Å². The summed E-state index contributed by atoms with van der Waals surface area (Å²) in [6.45, 7) is 3.24.